The first-order chi connectivity index (χ1) is 19.4. The minimum atomic E-state index is -0.0640. The van der Waals surface area contributed by atoms with Crippen LogP contribution in [0, 0.1) is 6.92 Å². The summed E-state index contributed by atoms with van der Waals surface area (Å²) in [6.07, 6.45) is 9.53. The molecule has 5 rings (SSSR count). The molecule has 0 spiro atoms. The van der Waals surface area contributed by atoms with Crippen LogP contribution in [0.5, 0.6) is 0 Å². The molecule has 4 heterocycles. The van der Waals surface area contributed by atoms with Gasteiger partial charge in [0.15, 0.2) is 5.65 Å². The van der Waals surface area contributed by atoms with Crippen LogP contribution in [0.4, 0.5) is 17.2 Å². The SMILES string of the molecule is CCCCCNc1cc(C(=O)N2CCCCC2c2cc3nc(N4CCC(N)C4)c(C)cn3n2)ccc1N(C)CC. The highest BCUT2D eigenvalue weighted by atomic mass is 16.2. The quantitative estimate of drug-likeness (QED) is 0.346. The lowest BCUT2D eigenvalue weighted by atomic mass is 9.98. The van der Waals surface area contributed by atoms with Crippen molar-refractivity contribution in [3.63, 3.8) is 0 Å². The Labute approximate surface area is 238 Å². The molecule has 0 bridgehead atoms. The third-order valence-corrected chi connectivity index (χ3v) is 8.48. The fourth-order valence-electron chi connectivity index (χ4n) is 6.04. The number of nitrogens with one attached hydrogen (secondary N) is 1. The standard InChI is InChI=1S/C31H46N8O/c1-5-7-9-15-33-25-18-23(12-13-27(25)36(4)6-2)31(40)38-16-10-8-11-28(38)26-19-29-34-30(22(3)20-39(29)35-26)37-17-14-24(32)21-37/h12-13,18-20,24,28,33H,5-11,14-17,21,32H2,1-4H3. The van der Waals surface area contributed by atoms with E-state index in [0.29, 0.717) is 0 Å². The molecule has 2 fully saturated rings. The maximum absolute atomic E-state index is 14.0. The average Bonchev–Trinajstić information content (AvgIpc) is 3.59. The lowest BCUT2D eigenvalue weighted by Gasteiger charge is -2.35. The molecule has 2 aliphatic rings. The molecule has 1 amide bonds. The van der Waals surface area contributed by atoms with E-state index in [1.165, 1.54) is 12.8 Å². The summed E-state index contributed by atoms with van der Waals surface area (Å²) in [5.41, 5.74) is 11.9. The van der Waals surface area contributed by atoms with Crippen LogP contribution in [-0.4, -0.2) is 71.2 Å². The first-order valence-corrected chi connectivity index (χ1v) is 15.2. The van der Waals surface area contributed by atoms with Gasteiger partial charge < -0.3 is 25.8 Å². The van der Waals surface area contributed by atoms with Gasteiger partial charge in [0.25, 0.3) is 5.91 Å². The van der Waals surface area contributed by atoms with Gasteiger partial charge in [0.1, 0.15) is 5.82 Å². The number of anilines is 3. The van der Waals surface area contributed by atoms with Gasteiger partial charge in [-0.15, -0.1) is 0 Å². The molecule has 2 aliphatic heterocycles. The molecular formula is C31H46N8O. The van der Waals surface area contributed by atoms with Crippen LogP contribution >= 0.6 is 0 Å². The van der Waals surface area contributed by atoms with Crippen molar-refractivity contribution in [2.24, 2.45) is 5.73 Å². The second-order valence-corrected chi connectivity index (χ2v) is 11.5. The first kappa shape index (κ1) is 28.2. The normalized spacial score (nSPS) is 19.4. The number of rotatable bonds is 10. The summed E-state index contributed by atoms with van der Waals surface area (Å²) in [6.45, 7) is 10.7. The minimum absolute atomic E-state index is 0.0640. The monoisotopic (exact) mass is 546 g/mol. The molecule has 1 aromatic carbocycles. The number of carbonyl (C=O) groups excluding carboxylic acids is 1. The molecule has 3 aromatic rings. The number of aryl methyl sites for hydroxylation is 1. The number of hydrogen-bond acceptors (Lipinski definition) is 7. The Morgan fingerprint density at radius 1 is 1.15 bits per heavy atom. The van der Waals surface area contributed by atoms with Crippen LogP contribution in [0.2, 0.25) is 0 Å². The Hall–Kier alpha value is -3.33. The number of carbonyl (C=O) groups is 1. The number of fused-ring (bicyclic) bond motifs is 1. The van der Waals surface area contributed by atoms with E-state index in [2.05, 4.69) is 61.3 Å². The van der Waals surface area contributed by atoms with Gasteiger partial charge >= 0.3 is 0 Å². The molecule has 0 saturated carbocycles. The number of nitrogens with two attached hydrogens (primary N) is 1. The maximum atomic E-state index is 14.0. The van der Waals surface area contributed by atoms with Crippen molar-refractivity contribution in [3.8, 4) is 0 Å². The van der Waals surface area contributed by atoms with E-state index in [-0.39, 0.29) is 18.0 Å². The van der Waals surface area contributed by atoms with E-state index in [1.807, 2.05) is 21.5 Å². The number of unbranched alkanes of at least 4 members (excludes halogenated alkanes) is 2. The Bertz CT molecular complexity index is 1320. The number of piperidine rings is 1. The zero-order valence-electron chi connectivity index (χ0n) is 24.7. The highest BCUT2D eigenvalue weighted by Gasteiger charge is 2.31. The van der Waals surface area contributed by atoms with E-state index < -0.39 is 0 Å². The summed E-state index contributed by atoms with van der Waals surface area (Å²) in [5.74, 6) is 1.06. The predicted molar refractivity (Wildman–Crippen MR) is 164 cm³/mol. The molecule has 0 aliphatic carbocycles. The third kappa shape index (κ3) is 5.89. The van der Waals surface area contributed by atoms with Gasteiger partial charge in [0, 0.05) is 69.2 Å². The average molecular weight is 547 g/mol. The summed E-state index contributed by atoms with van der Waals surface area (Å²) in [7, 11) is 2.09. The highest BCUT2D eigenvalue weighted by Crippen LogP contribution is 2.34. The molecule has 9 heteroatoms. The molecule has 2 unspecified atom stereocenters. The van der Waals surface area contributed by atoms with E-state index in [1.54, 1.807) is 0 Å². The van der Waals surface area contributed by atoms with Crippen molar-refractivity contribution in [3.05, 3.63) is 47.3 Å². The molecule has 216 valence electrons. The Morgan fingerprint density at radius 3 is 2.75 bits per heavy atom. The summed E-state index contributed by atoms with van der Waals surface area (Å²) in [5, 5.41) is 8.54. The van der Waals surface area contributed by atoms with Gasteiger partial charge in [-0.3, -0.25) is 4.79 Å². The zero-order valence-corrected chi connectivity index (χ0v) is 24.7. The maximum Gasteiger partial charge on any atom is 0.254 e. The molecule has 40 heavy (non-hydrogen) atoms. The Morgan fingerprint density at radius 2 is 2.00 bits per heavy atom. The van der Waals surface area contributed by atoms with Gasteiger partial charge in [-0.1, -0.05) is 19.8 Å². The van der Waals surface area contributed by atoms with Gasteiger partial charge in [0.05, 0.1) is 23.1 Å². The van der Waals surface area contributed by atoms with Crippen molar-refractivity contribution in [2.75, 3.05) is 54.9 Å². The number of amides is 1. The van der Waals surface area contributed by atoms with Gasteiger partial charge in [-0.2, -0.15) is 5.10 Å². The molecule has 2 atom stereocenters. The van der Waals surface area contributed by atoms with Gasteiger partial charge in [-0.05, 0) is 64.2 Å². The van der Waals surface area contributed by atoms with Crippen LogP contribution in [-0.2, 0) is 0 Å². The van der Waals surface area contributed by atoms with Crippen LogP contribution in [0.25, 0.3) is 5.65 Å². The van der Waals surface area contributed by atoms with E-state index >= 15 is 0 Å². The summed E-state index contributed by atoms with van der Waals surface area (Å²) in [6, 6.07) is 8.31. The van der Waals surface area contributed by atoms with Crippen molar-refractivity contribution < 1.29 is 4.79 Å². The fraction of sp³-hybridized carbons (Fsp3) is 0.581. The molecule has 2 aromatic heterocycles. The molecule has 2 saturated heterocycles. The second kappa shape index (κ2) is 12.5. The fourth-order valence-corrected chi connectivity index (χ4v) is 6.04. The lowest BCUT2D eigenvalue weighted by Crippen LogP contribution is -2.38. The second-order valence-electron chi connectivity index (χ2n) is 11.5. The van der Waals surface area contributed by atoms with Crippen LogP contribution in [0.1, 0.15) is 86.5 Å². The number of aromatic nitrogens is 3. The van der Waals surface area contributed by atoms with Crippen molar-refractivity contribution in [2.45, 2.75) is 77.8 Å². The van der Waals surface area contributed by atoms with Crippen molar-refractivity contribution in [1.82, 2.24) is 19.5 Å². The zero-order chi connectivity index (χ0) is 28.2. The first-order valence-electron chi connectivity index (χ1n) is 15.2. The van der Waals surface area contributed by atoms with E-state index in [4.69, 9.17) is 15.8 Å². The molecular weight excluding hydrogens is 500 g/mol. The van der Waals surface area contributed by atoms with Crippen LogP contribution in [0.3, 0.4) is 0 Å². The minimum Gasteiger partial charge on any atom is -0.383 e. The van der Waals surface area contributed by atoms with E-state index in [9.17, 15) is 4.79 Å². The number of nitrogens with zero attached hydrogens (tertiary/aromatic N) is 6. The van der Waals surface area contributed by atoms with Crippen molar-refractivity contribution >= 4 is 28.7 Å². The largest absolute Gasteiger partial charge is 0.383 e. The van der Waals surface area contributed by atoms with Crippen molar-refractivity contribution in [1.29, 1.82) is 0 Å². The molecule has 0 radical (unpaired) electrons. The number of hydrogen-bond donors (Lipinski definition) is 2. The Balaban J connectivity index is 1.41. The summed E-state index contributed by atoms with van der Waals surface area (Å²) in [4.78, 5) is 25.5. The van der Waals surface area contributed by atoms with Crippen LogP contribution < -0.4 is 20.9 Å². The van der Waals surface area contributed by atoms with E-state index in [0.717, 1.165) is 104 Å². The topological polar surface area (TPSA) is 95.0 Å². The molecule has 9 nitrogen and oxygen atoms in total. The molecule has 3 N–H and O–H groups in total. The summed E-state index contributed by atoms with van der Waals surface area (Å²) >= 11 is 0. The third-order valence-electron chi connectivity index (χ3n) is 8.48. The highest BCUT2D eigenvalue weighted by molar-refractivity contribution is 5.96. The van der Waals surface area contributed by atoms with Crippen LogP contribution in [0.15, 0.2) is 30.5 Å². The number of benzene rings is 1. The van der Waals surface area contributed by atoms with Gasteiger partial charge in [-0.25, -0.2) is 9.50 Å². The van der Waals surface area contributed by atoms with Gasteiger partial charge in [0.2, 0.25) is 0 Å². The summed E-state index contributed by atoms with van der Waals surface area (Å²) < 4.78 is 1.87. The Kier molecular flexibility index (Phi) is 8.78. The number of likely N-dealkylation sites (tertiary alicyclic amines) is 1. The lowest BCUT2D eigenvalue weighted by molar-refractivity contribution is 0.0606. The predicted octanol–water partition coefficient (Wildman–Crippen LogP) is 5.00. The smallest absolute Gasteiger partial charge is 0.254 e.